The first-order valence-electron chi connectivity index (χ1n) is 8.19. The largest absolute Gasteiger partial charge is 0.332 e. The van der Waals surface area contributed by atoms with E-state index in [4.69, 9.17) is 11.6 Å². The van der Waals surface area contributed by atoms with Crippen LogP contribution in [0.3, 0.4) is 0 Å². The van der Waals surface area contributed by atoms with Gasteiger partial charge in [-0.25, -0.2) is 13.2 Å². The van der Waals surface area contributed by atoms with Crippen molar-refractivity contribution in [1.29, 1.82) is 0 Å². The molecule has 1 aromatic carbocycles. The fraction of sp³-hybridized carbons (Fsp3) is 0.500. The van der Waals surface area contributed by atoms with E-state index in [1.807, 2.05) is 0 Å². The van der Waals surface area contributed by atoms with Crippen LogP contribution in [0.25, 0.3) is 0 Å². The first-order chi connectivity index (χ1) is 11.8. The van der Waals surface area contributed by atoms with Gasteiger partial charge in [0.05, 0.1) is 23.1 Å². The molecule has 0 radical (unpaired) electrons. The minimum atomic E-state index is -3.21. The SMILES string of the molecule is O=C(CCCC[C@@H]1[C@@H]2NC(=O)N[C@H]2CS1(=O)=O)Nc1ccc(Cl)cc1. The van der Waals surface area contributed by atoms with Gasteiger partial charge in [-0.3, -0.25) is 4.79 Å². The van der Waals surface area contributed by atoms with Gasteiger partial charge in [-0.2, -0.15) is 0 Å². The van der Waals surface area contributed by atoms with Gasteiger partial charge < -0.3 is 16.0 Å². The molecule has 2 aliphatic rings. The fourth-order valence-corrected chi connectivity index (χ4v) is 5.79. The van der Waals surface area contributed by atoms with Gasteiger partial charge in [0.15, 0.2) is 9.84 Å². The molecule has 2 fully saturated rings. The number of nitrogens with one attached hydrogen (secondary N) is 3. The van der Waals surface area contributed by atoms with Crippen molar-refractivity contribution in [1.82, 2.24) is 10.6 Å². The molecule has 2 aliphatic heterocycles. The Morgan fingerprint density at radius 1 is 1.20 bits per heavy atom. The number of unbranched alkanes of at least 4 members (excludes halogenated alkanes) is 1. The van der Waals surface area contributed by atoms with Crippen LogP contribution in [0.5, 0.6) is 0 Å². The lowest BCUT2D eigenvalue weighted by Gasteiger charge is -2.16. The maximum atomic E-state index is 12.2. The molecule has 0 aromatic heterocycles. The Morgan fingerprint density at radius 3 is 2.64 bits per heavy atom. The van der Waals surface area contributed by atoms with Crippen molar-refractivity contribution in [2.75, 3.05) is 11.1 Å². The maximum absolute atomic E-state index is 12.2. The van der Waals surface area contributed by atoms with Crippen LogP contribution in [0.15, 0.2) is 24.3 Å². The second-order valence-electron chi connectivity index (χ2n) is 6.42. The van der Waals surface area contributed by atoms with Gasteiger partial charge in [-0.15, -0.1) is 0 Å². The zero-order valence-electron chi connectivity index (χ0n) is 13.5. The lowest BCUT2D eigenvalue weighted by atomic mass is 10.0. The first kappa shape index (κ1) is 18.0. The summed E-state index contributed by atoms with van der Waals surface area (Å²) in [7, 11) is -3.21. The second-order valence-corrected chi connectivity index (χ2v) is 9.12. The number of halogens is 1. The zero-order chi connectivity index (χ0) is 18.0. The molecule has 7 nitrogen and oxygen atoms in total. The third-order valence-corrected chi connectivity index (χ3v) is 7.12. The molecule has 0 bridgehead atoms. The number of rotatable bonds is 6. The normalized spacial score (nSPS) is 26.6. The molecule has 0 unspecified atom stereocenters. The Bertz CT molecular complexity index is 766. The van der Waals surface area contributed by atoms with Gasteiger partial charge in [-0.05, 0) is 37.1 Å². The van der Waals surface area contributed by atoms with Gasteiger partial charge in [0.25, 0.3) is 0 Å². The number of urea groups is 1. The summed E-state index contributed by atoms with van der Waals surface area (Å²) in [6.45, 7) is 0. The van der Waals surface area contributed by atoms with Gasteiger partial charge in [0.1, 0.15) is 0 Å². The summed E-state index contributed by atoms with van der Waals surface area (Å²) in [5.74, 6) is -0.136. The highest BCUT2D eigenvalue weighted by atomic mass is 35.5. The number of carbonyl (C=O) groups excluding carboxylic acids is 2. The molecule has 3 atom stereocenters. The Kier molecular flexibility index (Phi) is 5.19. The lowest BCUT2D eigenvalue weighted by molar-refractivity contribution is -0.116. The zero-order valence-corrected chi connectivity index (χ0v) is 15.1. The Hall–Kier alpha value is -1.80. The molecule has 0 saturated carbocycles. The van der Waals surface area contributed by atoms with E-state index in [1.165, 1.54) is 0 Å². The van der Waals surface area contributed by atoms with Crippen molar-refractivity contribution >= 4 is 39.1 Å². The minimum absolute atomic E-state index is 0.0157. The van der Waals surface area contributed by atoms with E-state index in [-0.39, 0.29) is 29.8 Å². The van der Waals surface area contributed by atoms with Crippen LogP contribution in [-0.4, -0.2) is 43.4 Å². The summed E-state index contributed by atoms with van der Waals surface area (Å²) in [5.41, 5.74) is 0.676. The number of hydrogen-bond donors (Lipinski definition) is 3. The molecule has 3 N–H and O–H groups in total. The number of amides is 3. The third-order valence-electron chi connectivity index (χ3n) is 4.59. The molecule has 3 amide bonds. The molecule has 2 saturated heterocycles. The molecular formula is C16H20ClN3O4S. The highest BCUT2D eigenvalue weighted by Crippen LogP contribution is 2.28. The number of hydrogen-bond acceptors (Lipinski definition) is 4. The van der Waals surface area contributed by atoms with E-state index in [2.05, 4.69) is 16.0 Å². The number of benzene rings is 1. The van der Waals surface area contributed by atoms with Gasteiger partial charge in [0, 0.05) is 17.1 Å². The summed E-state index contributed by atoms with van der Waals surface area (Å²) in [6.07, 6.45) is 1.95. The number of sulfone groups is 1. The van der Waals surface area contributed by atoms with E-state index in [0.717, 1.165) is 0 Å². The number of fused-ring (bicyclic) bond motifs is 1. The summed E-state index contributed by atoms with van der Waals surface area (Å²) >= 11 is 5.79. The topological polar surface area (TPSA) is 104 Å². The summed E-state index contributed by atoms with van der Waals surface area (Å²) in [4.78, 5) is 23.3. The van der Waals surface area contributed by atoms with Crippen molar-refractivity contribution in [3.8, 4) is 0 Å². The maximum Gasteiger partial charge on any atom is 0.315 e. The molecule has 2 heterocycles. The van der Waals surface area contributed by atoms with E-state index >= 15 is 0 Å². The minimum Gasteiger partial charge on any atom is -0.332 e. The van der Waals surface area contributed by atoms with Crippen LogP contribution in [0.2, 0.25) is 5.02 Å². The average molecular weight is 386 g/mol. The fourth-order valence-electron chi connectivity index (χ4n) is 3.39. The molecule has 136 valence electrons. The van der Waals surface area contributed by atoms with Crippen LogP contribution >= 0.6 is 11.6 Å². The van der Waals surface area contributed by atoms with Crippen molar-refractivity contribution in [3.05, 3.63) is 29.3 Å². The molecule has 25 heavy (non-hydrogen) atoms. The molecule has 3 rings (SSSR count). The van der Waals surface area contributed by atoms with Crippen LogP contribution in [0.1, 0.15) is 25.7 Å². The lowest BCUT2D eigenvalue weighted by Crippen LogP contribution is -2.39. The molecule has 9 heteroatoms. The van der Waals surface area contributed by atoms with Crippen LogP contribution < -0.4 is 16.0 Å². The summed E-state index contributed by atoms with van der Waals surface area (Å²) in [5, 5.41) is 8.13. The third kappa shape index (κ3) is 4.24. The monoisotopic (exact) mass is 385 g/mol. The average Bonchev–Trinajstić information content (AvgIpc) is 2.98. The smallest absolute Gasteiger partial charge is 0.315 e. The van der Waals surface area contributed by atoms with E-state index in [9.17, 15) is 18.0 Å². The molecule has 0 aliphatic carbocycles. The second kappa shape index (κ2) is 7.21. The first-order valence-corrected chi connectivity index (χ1v) is 10.3. The number of carbonyl (C=O) groups is 2. The highest BCUT2D eigenvalue weighted by molar-refractivity contribution is 7.92. The predicted octanol–water partition coefficient (Wildman–Crippen LogP) is 1.69. The molecular weight excluding hydrogens is 366 g/mol. The van der Waals surface area contributed by atoms with E-state index < -0.39 is 15.1 Å². The quantitative estimate of drug-likeness (QED) is 0.512. The van der Waals surface area contributed by atoms with Crippen LogP contribution in [-0.2, 0) is 14.6 Å². The number of anilines is 1. The van der Waals surface area contributed by atoms with Crippen molar-refractivity contribution in [3.63, 3.8) is 0 Å². The molecule has 0 spiro atoms. The van der Waals surface area contributed by atoms with Crippen molar-refractivity contribution < 1.29 is 18.0 Å². The van der Waals surface area contributed by atoms with Crippen LogP contribution in [0.4, 0.5) is 10.5 Å². The van der Waals surface area contributed by atoms with Crippen molar-refractivity contribution in [2.24, 2.45) is 0 Å². The Morgan fingerprint density at radius 2 is 1.92 bits per heavy atom. The van der Waals surface area contributed by atoms with E-state index in [1.54, 1.807) is 24.3 Å². The van der Waals surface area contributed by atoms with E-state index in [0.29, 0.717) is 36.4 Å². The summed E-state index contributed by atoms with van der Waals surface area (Å²) < 4.78 is 24.4. The van der Waals surface area contributed by atoms with Gasteiger partial charge >= 0.3 is 6.03 Å². The molecule has 1 aromatic rings. The van der Waals surface area contributed by atoms with Crippen molar-refractivity contribution in [2.45, 2.75) is 43.0 Å². The van der Waals surface area contributed by atoms with Crippen LogP contribution in [0, 0.1) is 0 Å². The Balaban J connectivity index is 1.44. The summed E-state index contributed by atoms with van der Waals surface area (Å²) in [6, 6.07) is 5.83. The highest BCUT2D eigenvalue weighted by Gasteiger charge is 2.51. The predicted molar refractivity (Wildman–Crippen MR) is 95.4 cm³/mol. The van der Waals surface area contributed by atoms with Gasteiger partial charge in [-0.1, -0.05) is 18.0 Å². The van der Waals surface area contributed by atoms with Gasteiger partial charge in [0.2, 0.25) is 5.91 Å². The standard InChI is InChI=1S/C16H20ClN3O4S/c17-10-5-7-11(8-6-10)18-14(21)4-2-1-3-13-15-12(9-25(13,23)24)19-16(22)20-15/h5-8,12-13,15H,1-4,9H2,(H,18,21)(H2,19,20,22)/t12-,13+,15+/m0/s1. The Labute approximate surface area is 151 Å².